The molecule has 174 valence electrons. The van der Waals surface area contributed by atoms with Gasteiger partial charge in [0.2, 0.25) is 5.43 Å². The van der Waals surface area contributed by atoms with Gasteiger partial charge in [-0.05, 0) is 73.7 Å². The Morgan fingerprint density at radius 3 is 2.49 bits per heavy atom. The molecular weight excluding hydrogens is 438 g/mol. The van der Waals surface area contributed by atoms with Crippen molar-refractivity contribution in [1.82, 2.24) is 0 Å². The lowest BCUT2D eigenvalue weighted by Gasteiger charge is -2.18. The van der Waals surface area contributed by atoms with Crippen molar-refractivity contribution in [3.63, 3.8) is 0 Å². The molecule has 1 aliphatic rings. The van der Waals surface area contributed by atoms with E-state index in [1.165, 1.54) is 12.8 Å². The minimum atomic E-state index is -0.121. The van der Waals surface area contributed by atoms with E-state index in [0.717, 1.165) is 18.4 Å². The Morgan fingerprint density at radius 1 is 0.971 bits per heavy atom. The molecule has 0 atom stereocenters. The Labute approximate surface area is 203 Å². The number of hydrogen-bond acceptors (Lipinski definition) is 5. The number of hydrogen-bond donors (Lipinski definition) is 0. The van der Waals surface area contributed by atoms with E-state index in [2.05, 4.69) is 6.07 Å². The van der Waals surface area contributed by atoms with Gasteiger partial charge in [-0.2, -0.15) is 5.26 Å². The van der Waals surface area contributed by atoms with Gasteiger partial charge in [-0.15, -0.1) is 0 Å². The maximum atomic E-state index is 13.5. The summed E-state index contributed by atoms with van der Waals surface area (Å²) in [6.07, 6.45) is 8.27. The summed E-state index contributed by atoms with van der Waals surface area (Å²) in [6.45, 7) is 0. The fourth-order valence-corrected chi connectivity index (χ4v) is 4.55. The van der Waals surface area contributed by atoms with Crippen LogP contribution < -0.4 is 14.9 Å². The summed E-state index contributed by atoms with van der Waals surface area (Å²) in [4.78, 5) is 13.5. The van der Waals surface area contributed by atoms with Gasteiger partial charge in [0, 0.05) is 5.56 Å². The van der Waals surface area contributed by atoms with Gasteiger partial charge in [0.25, 0.3) is 0 Å². The monoisotopic (exact) mass is 463 g/mol. The van der Waals surface area contributed by atoms with Crippen LogP contribution in [0.1, 0.15) is 42.6 Å². The van der Waals surface area contributed by atoms with Crippen molar-refractivity contribution in [1.29, 1.82) is 5.26 Å². The number of methoxy groups -OCH3 is 1. The highest BCUT2D eigenvalue weighted by Crippen LogP contribution is 2.36. The van der Waals surface area contributed by atoms with E-state index < -0.39 is 0 Å². The summed E-state index contributed by atoms with van der Waals surface area (Å²) < 4.78 is 18.1. The molecule has 1 aromatic heterocycles. The third-order valence-corrected chi connectivity index (χ3v) is 6.36. The molecular formula is C30H25NO4. The fourth-order valence-electron chi connectivity index (χ4n) is 4.55. The molecule has 5 rings (SSSR count). The highest BCUT2D eigenvalue weighted by Gasteiger charge is 2.20. The number of para-hydroxylation sites is 2. The lowest BCUT2D eigenvalue weighted by molar-refractivity contribution is 0.200. The van der Waals surface area contributed by atoms with Gasteiger partial charge in [-0.25, -0.2) is 0 Å². The van der Waals surface area contributed by atoms with Gasteiger partial charge in [-0.3, -0.25) is 4.79 Å². The molecule has 1 aliphatic carbocycles. The van der Waals surface area contributed by atoms with Crippen molar-refractivity contribution in [2.24, 2.45) is 0 Å². The Morgan fingerprint density at radius 2 is 1.74 bits per heavy atom. The van der Waals surface area contributed by atoms with Crippen molar-refractivity contribution in [2.45, 2.75) is 31.8 Å². The Balaban J connectivity index is 1.63. The number of rotatable bonds is 6. The molecule has 3 aromatic carbocycles. The van der Waals surface area contributed by atoms with Gasteiger partial charge < -0.3 is 13.9 Å². The van der Waals surface area contributed by atoms with Crippen LogP contribution in [-0.2, 0) is 0 Å². The van der Waals surface area contributed by atoms with Crippen LogP contribution in [-0.4, -0.2) is 13.2 Å². The molecule has 4 aromatic rings. The predicted molar refractivity (Wildman–Crippen MR) is 137 cm³/mol. The highest BCUT2D eigenvalue weighted by molar-refractivity contribution is 5.87. The molecule has 0 amide bonds. The first-order chi connectivity index (χ1) is 17.2. The van der Waals surface area contributed by atoms with E-state index >= 15 is 0 Å². The minimum absolute atomic E-state index is 0.121. The van der Waals surface area contributed by atoms with E-state index in [9.17, 15) is 4.79 Å². The summed E-state index contributed by atoms with van der Waals surface area (Å²) in [5.74, 6) is 1.81. The van der Waals surface area contributed by atoms with Crippen molar-refractivity contribution in [2.75, 3.05) is 7.11 Å². The zero-order valence-corrected chi connectivity index (χ0v) is 19.5. The molecule has 0 N–H and O–H groups in total. The lowest BCUT2D eigenvalue weighted by Crippen LogP contribution is -2.12. The number of nitrogens with zero attached hydrogens (tertiary/aromatic N) is 1. The standard InChI is InChI=1S/C30H25NO4/c1-33-27-12-6-7-22(30(27)34-23-8-2-3-9-23)17-18-26-28(21-15-13-20(19-31)14-16-21)29(32)24-10-4-5-11-25(24)35-26/h4-7,10-18,23H,2-3,8-9H2,1H3/b18-17+. The topological polar surface area (TPSA) is 72.5 Å². The average Bonchev–Trinajstić information content (AvgIpc) is 3.41. The first kappa shape index (κ1) is 22.5. The normalized spacial score (nSPS) is 13.8. The molecule has 1 heterocycles. The Hall–Kier alpha value is -4.30. The van der Waals surface area contributed by atoms with Crippen molar-refractivity contribution in [3.05, 3.63) is 93.8 Å². The molecule has 1 fully saturated rings. The van der Waals surface area contributed by atoms with E-state index in [1.807, 2.05) is 36.4 Å². The van der Waals surface area contributed by atoms with Crippen molar-refractivity contribution < 1.29 is 13.9 Å². The predicted octanol–water partition coefficient (Wildman–Crippen LogP) is 6.83. The first-order valence-electron chi connectivity index (χ1n) is 11.8. The second-order valence-corrected chi connectivity index (χ2v) is 8.59. The molecule has 0 aliphatic heterocycles. The van der Waals surface area contributed by atoms with Gasteiger partial charge in [0.1, 0.15) is 11.3 Å². The van der Waals surface area contributed by atoms with E-state index in [0.29, 0.717) is 44.9 Å². The molecule has 0 spiro atoms. The van der Waals surface area contributed by atoms with Crippen molar-refractivity contribution >= 4 is 23.1 Å². The molecule has 0 bridgehead atoms. The maximum Gasteiger partial charge on any atom is 0.201 e. The summed E-state index contributed by atoms with van der Waals surface area (Å²) in [7, 11) is 1.63. The lowest BCUT2D eigenvalue weighted by atomic mass is 10.00. The number of nitriles is 1. The average molecular weight is 464 g/mol. The fraction of sp³-hybridized carbons (Fsp3) is 0.200. The van der Waals surface area contributed by atoms with E-state index in [-0.39, 0.29) is 11.5 Å². The second-order valence-electron chi connectivity index (χ2n) is 8.59. The van der Waals surface area contributed by atoms with Crippen LogP contribution in [0.25, 0.3) is 34.2 Å². The second kappa shape index (κ2) is 9.90. The quantitative estimate of drug-likeness (QED) is 0.313. The van der Waals surface area contributed by atoms with Crippen LogP contribution in [0.15, 0.2) is 75.9 Å². The molecule has 5 heteroatoms. The maximum absolute atomic E-state index is 13.5. The molecule has 35 heavy (non-hydrogen) atoms. The van der Waals surface area contributed by atoms with Crippen LogP contribution in [0.2, 0.25) is 0 Å². The zero-order chi connectivity index (χ0) is 24.2. The Kier molecular flexibility index (Phi) is 6.36. The van der Waals surface area contributed by atoms with Crippen LogP contribution in [0.4, 0.5) is 0 Å². The third-order valence-electron chi connectivity index (χ3n) is 6.36. The van der Waals surface area contributed by atoms with Gasteiger partial charge in [0.05, 0.1) is 35.8 Å². The van der Waals surface area contributed by atoms with E-state index in [4.69, 9.17) is 19.2 Å². The highest BCUT2D eigenvalue weighted by atomic mass is 16.5. The van der Waals surface area contributed by atoms with Crippen LogP contribution >= 0.6 is 0 Å². The summed E-state index contributed by atoms with van der Waals surface area (Å²) in [5, 5.41) is 9.68. The molecule has 5 nitrogen and oxygen atoms in total. The molecule has 0 saturated heterocycles. The van der Waals surface area contributed by atoms with Gasteiger partial charge in [0.15, 0.2) is 11.5 Å². The smallest absolute Gasteiger partial charge is 0.201 e. The number of ether oxygens (including phenoxy) is 2. The van der Waals surface area contributed by atoms with E-state index in [1.54, 1.807) is 49.6 Å². The third kappa shape index (κ3) is 4.56. The Bertz CT molecular complexity index is 1490. The van der Waals surface area contributed by atoms with Gasteiger partial charge >= 0.3 is 0 Å². The van der Waals surface area contributed by atoms with Crippen LogP contribution in [0.5, 0.6) is 11.5 Å². The molecule has 0 unspecified atom stereocenters. The van der Waals surface area contributed by atoms with Crippen LogP contribution in [0.3, 0.4) is 0 Å². The minimum Gasteiger partial charge on any atom is -0.493 e. The summed E-state index contributed by atoms with van der Waals surface area (Å²) >= 11 is 0. The van der Waals surface area contributed by atoms with Crippen LogP contribution in [0, 0.1) is 11.3 Å². The summed E-state index contributed by atoms with van der Waals surface area (Å²) in [5.41, 5.74) is 2.91. The SMILES string of the molecule is COc1cccc(/C=C/c2oc3ccccc3c(=O)c2-c2ccc(C#N)cc2)c1OC1CCCC1. The molecule has 1 saturated carbocycles. The zero-order valence-electron chi connectivity index (χ0n) is 19.5. The number of fused-ring (bicyclic) bond motifs is 1. The summed E-state index contributed by atoms with van der Waals surface area (Å²) in [6, 6.07) is 22.0. The molecule has 0 radical (unpaired) electrons. The van der Waals surface area contributed by atoms with Gasteiger partial charge in [-0.1, -0.05) is 36.4 Å². The largest absolute Gasteiger partial charge is 0.493 e. The first-order valence-corrected chi connectivity index (χ1v) is 11.8. The van der Waals surface area contributed by atoms with Crippen molar-refractivity contribution in [3.8, 4) is 28.7 Å². The number of benzene rings is 3.